The van der Waals surface area contributed by atoms with E-state index in [1.165, 1.54) is 12.1 Å². The Bertz CT molecular complexity index is 1140. The highest BCUT2D eigenvalue weighted by atomic mass is 19.1. The van der Waals surface area contributed by atoms with Gasteiger partial charge in [-0.25, -0.2) is 14.4 Å². The van der Waals surface area contributed by atoms with Gasteiger partial charge in [0.15, 0.2) is 0 Å². The second-order valence-electron chi connectivity index (χ2n) is 9.73. The molecule has 7 nitrogen and oxygen atoms in total. The molecule has 2 fully saturated rings. The number of benzene rings is 2. The molecule has 2 aromatic carbocycles. The Morgan fingerprint density at radius 1 is 1.03 bits per heavy atom. The number of ether oxygens (including phenoxy) is 2. The number of nitrogens with zero attached hydrogens (tertiary/aromatic N) is 4. The summed E-state index contributed by atoms with van der Waals surface area (Å²) < 4.78 is 25.6. The second-order valence-corrected chi connectivity index (χ2v) is 9.73. The van der Waals surface area contributed by atoms with Crippen molar-refractivity contribution in [2.45, 2.75) is 39.7 Å². The Kier molecular flexibility index (Phi) is 7.05. The predicted octanol–water partition coefficient (Wildman–Crippen LogP) is 4.55. The lowest BCUT2D eigenvalue weighted by atomic mass is 9.77. The average Bonchev–Trinajstić information content (AvgIpc) is 3.50. The van der Waals surface area contributed by atoms with E-state index in [0.29, 0.717) is 38.7 Å². The van der Waals surface area contributed by atoms with Gasteiger partial charge in [0.05, 0.1) is 25.3 Å². The Hall–Kier alpha value is -3.26. The van der Waals surface area contributed by atoms with Gasteiger partial charge in [0, 0.05) is 25.7 Å². The van der Waals surface area contributed by atoms with Gasteiger partial charge in [0.25, 0.3) is 0 Å². The monoisotopic (exact) mass is 492 g/mol. The molecule has 3 aliphatic heterocycles. The van der Waals surface area contributed by atoms with Gasteiger partial charge in [-0.05, 0) is 80.6 Å². The van der Waals surface area contributed by atoms with Crippen LogP contribution in [-0.4, -0.2) is 67.3 Å². The highest BCUT2D eigenvalue weighted by Gasteiger charge is 2.46. The summed E-state index contributed by atoms with van der Waals surface area (Å²) in [5.74, 6) is 1.93. The number of carbonyl (C=O) groups excluding carboxylic acids is 1. The summed E-state index contributed by atoms with van der Waals surface area (Å²) in [7, 11) is 0. The van der Waals surface area contributed by atoms with Gasteiger partial charge in [-0.3, -0.25) is 14.6 Å². The van der Waals surface area contributed by atoms with Gasteiger partial charge in [-0.2, -0.15) is 0 Å². The van der Waals surface area contributed by atoms with Crippen LogP contribution in [0.3, 0.4) is 0 Å². The number of guanidine groups is 1. The van der Waals surface area contributed by atoms with Crippen molar-refractivity contribution in [3.63, 3.8) is 0 Å². The zero-order valence-electron chi connectivity index (χ0n) is 21.0. The normalized spacial score (nSPS) is 19.2. The molecule has 190 valence electrons. The molecule has 0 N–H and O–H groups in total. The fraction of sp³-hybridized carbons (Fsp3) is 0.464. The van der Waals surface area contributed by atoms with E-state index in [4.69, 9.17) is 9.47 Å². The third-order valence-electron chi connectivity index (χ3n) is 7.26. The van der Waals surface area contributed by atoms with E-state index in [2.05, 4.69) is 27.0 Å². The Labute approximate surface area is 211 Å². The third-order valence-corrected chi connectivity index (χ3v) is 7.26. The van der Waals surface area contributed by atoms with Crippen molar-refractivity contribution < 1.29 is 18.7 Å². The standard InChI is InChI=1S/C28H33FN4O3/c1-3-35-23-15-20(16-24(36-4-2)26(23)21-5-7-22(29)8-6-21)18-32-13-9-28(10-14-32)17-25(34)33(19-28)27-30-11-12-31-27/h5-8,11,15-16H,3-4,9-10,12-14,17-19H2,1-2H3. The molecule has 2 saturated heterocycles. The van der Waals surface area contributed by atoms with Crippen LogP contribution in [0.5, 0.6) is 11.5 Å². The lowest BCUT2D eigenvalue weighted by molar-refractivity contribution is -0.124. The van der Waals surface area contributed by atoms with Crippen LogP contribution in [0.1, 0.15) is 38.7 Å². The van der Waals surface area contributed by atoms with Gasteiger partial charge < -0.3 is 9.47 Å². The highest BCUT2D eigenvalue weighted by molar-refractivity contribution is 6.04. The molecule has 3 aliphatic rings. The van der Waals surface area contributed by atoms with Crippen LogP contribution in [0.15, 0.2) is 46.4 Å². The molecule has 8 heteroatoms. The van der Waals surface area contributed by atoms with Crippen molar-refractivity contribution in [1.82, 2.24) is 9.80 Å². The van der Waals surface area contributed by atoms with E-state index in [1.54, 1.807) is 23.2 Å². The van der Waals surface area contributed by atoms with Crippen molar-refractivity contribution in [3.8, 4) is 22.6 Å². The molecule has 0 atom stereocenters. The van der Waals surface area contributed by atoms with E-state index in [1.807, 2.05) is 13.8 Å². The summed E-state index contributed by atoms with van der Waals surface area (Å²) in [6.07, 6.45) is 4.27. The SMILES string of the molecule is CCOc1cc(CN2CCC3(CC2)CC(=O)N(C2=NCC=N2)C3)cc(OCC)c1-c1ccc(F)cc1. The summed E-state index contributed by atoms with van der Waals surface area (Å²) in [5, 5.41) is 0. The van der Waals surface area contributed by atoms with Crippen molar-refractivity contribution in [3.05, 3.63) is 47.8 Å². The number of halogens is 1. The summed E-state index contributed by atoms with van der Waals surface area (Å²) in [6, 6.07) is 10.6. The van der Waals surface area contributed by atoms with Crippen molar-refractivity contribution in [2.75, 3.05) is 39.4 Å². The lowest BCUT2D eigenvalue weighted by Crippen LogP contribution is -2.41. The van der Waals surface area contributed by atoms with Gasteiger partial charge in [-0.1, -0.05) is 12.1 Å². The minimum Gasteiger partial charge on any atom is -0.493 e. The van der Waals surface area contributed by atoms with E-state index in [-0.39, 0.29) is 17.1 Å². The predicted molar refractivity (Wildman–Crippen MR) is 138 cm³/mol. The smallest absolute Gasteiger partial charge is 0.229 e. The van der Waals surface area contributed by atoms with Crippen LogP contribution in [0, 0.1) is 11.2 Å². The van der Waals surface area contributed by atoms with Gasteiger partial charge >= 0.3 is 0 Å². The van der Waals surface area contributed by atoms with Crippen LogP contribution in [0.2, 0.25) is 0 Å². The van der Waals surface area contributed by atoms with E-state index < -0.39 is 0 Å². The number of piperidine rings is 1. The Balaban J connectivity index is 1.32. The molecule has 5 rings (SSSR count). The molecule has 0 aromatic heterocycles. The van der Waals surface area contributed by atoms with Crippen LogP contribution < -0.4 is 9.47 Å². The highest BCUT2D eigenvalue weighted by Crippen LogP contribution is 2.43. The minimum atomic E-state index is -0.273. The summed E-state index contributed by atoms with van der Waals surface area (Å²) in [5.41, 5.74) is 2.83. The zero-order valence-corrected chi connectivity index (χ0v) is 21.0. The third kappa shape index (κ3) is 5.00. The lowest BCUT2D eigenvalue weighted by Gasteiger charge is -2.38. The maximum atomic E-state index is 13.6. The number of likely N-dealkylation sites (tertiary alicyclic amines) is 2. The molecule has 36 heavy (non-hydrogen) atoms. The quantitative estimate of drug-likeness (QED) is 0.569. The number of aliphatic imine (C=N–C) groups is 2. The number of carbonyl (C=O) groups is 1. The number of rotatable bonds is 7. The summed E-state index contributed by atoms with van der Waals surface area (Å²) >= 11 is 0. The fourth-order valence-corrected chi connectivity index (χ4v) is 5.47. The first-order valence-corrected chi connectivity index (χ1v) is 12.8. The zero-order chi connectivity index (χ0) is 25.1. The maximum absolute atomic E-state index is 13.6. The Morgan fingerprint density at radius 2 is 1.69 bits per heavy atom. The van der Waals surface area contributed by atoms with Crippen molar-refractivity contribution >= 4 is 18.1 Å². The topological polar surface area (TPSA) is 66.7 Å². The largest absolute Gasteiger partial charge is 0.493 e. The fourth-order valence-electron chi connectivity index (χ4n) is 5.47. The number of hydrogen-bond donors (Lipinski definition) is 0. The minimum absolute atomic E-state index is 0.00756. The van der Waals surface area contributed by atoms with E-state index >= 15 is 0 Å². The molecule has 2 aromatic rings. The molecule has 1 spiro atoms. The molecule has 0 aliphatic carbocycles. The van der Waals surface area contributed by atoms with E-state index in [0.717, 1.165) is 60.7 Å². The molecule has 3 heterocycles. The average molecular weight is 493 g/mol. The molecule has 0 bridgehead atoms. The summed E-state index contributed by atoms with van der Waals surface area (Å²) in [6.45, 7) is 8.85. The van der Waals surface area contributed by atoms with Crippen LogP contribution >= 0.6 is 0 Å². The van der Waals surface area contributed by atoms with Gasteiger partial charge in [-0.15, -0.1) is 0 Å². The van der Waals surface area contributed by atoms with Gasteiger partial charge in [0.2, 0.25) is 11.9 Å². The van der Waals surface area contributed by atoms with Crippen LogP contribution in [0.25, 0.3) is 11.1 Å². The molecular formula is C28H33FN4O3. The Morgan fingerprint density at radius 3 is 2.28 bits per heavy atom. The van der Waals surface area contributed by atoms with Crippen molar-refractivity contribution in [1.29, 1.82) is 0 Å². The molecule has 1 amide bonds. The molecule has 0 radical (unpaired) electrons. The number of hydrogen-bond acceptors (Lipinski definition) is 6. The first-order valence-electron chi connectivity index (χ1n) is 12.8. The molecule has 0 unspecified atom stereocenters. The first kappa shape index (κ1) is 24.4. The first-order chi connectivity index (χ1) is 17.5. The maximum Gasteiger partial charge on any atom is 0.229 e. The molecule has 0 saturated carbocycles. The summed E-state index contributed by atoms with van der Waals surface area (Å²) in [4.78, 5) is 25.5. The van der Waals surface area contributed by atoms with E-state index in [9.17, 15) is 9.18 Å². The van der Waals surface area contributed by atoms with Crippen LogP contribution in [-0.2, 0) is 11.3 Å². The van der Waals surface area contributed by atoms with Crippen molar-refractivity contribution in [2.24, 2.45) is 15.4 Å². The molecular weight excluding hydrogens is 459 g/mol. The second kappa shape index (κ2) is 10.4. The van der Waals surface area contributed by atoms with Crippen LogP contribution in [0.4, 0.5) is 4.39 Å². The number of amides is 1. The van der Waals surface area contributed by atoms with Gasteiger partial charge in [0.1, 0.15) is 17.3 Å².